The molecule has 0 N–H and O–H groups in total. The second kappa shape index (κ2) is 11.2. The number of rotatable bonds is 9. The minimum Gasteiger partial charge on any atom is -0.444 e. The molecule has 1 heterocycles. The predicted octanol–water partition coefficient (Wildman–Crippen LogP) is 6.63. The molecule has 0 radical (unpaired) electrons. The van der Waals surface area contributed by atoms with Crippen molar-refractivity contribution in [3.05, 3.63) is 35.9 Å². The summed E-state index contributed by atoms with van der Waals surface area (Å²) in [4.78, 5) is 14.8. The summed E-state index contributed by atoms with van der Waals surface area (Å²) in [5, 5.41) is 0.178. The number of carbonyl (C=O) groups is 1. The van der Waals surface area contributed by atoms with Gasteiger partial charge in [-0.3, -0.25) is 0 Å². The summed E-state index contributed by atoms with van der Waals surface area (Å²) in [5.41, 5.74) is 0.695. The van der Waals surface area contributed by atoms with Crippen LogP contribution in [0.2, 0.25) is 18.1 Å². The van der Waals surface area contributed by atoms with Crippen molar-refractivity contribution in [2.45, 2.75) is 97.2 Å². The Morgan fingerprint density at radius 1 is 1.09 bits per heavy atom. The lowest BCUT2D eigenvalue weighted by Gasteiger charge is -2.38. The van der Waals surface area contributed by atoms with Crippen molar-refractivity contribution in [1.82, 2.24) is 4.90 Å². The molecule has 1 fully saturated rings. The van der Waals surface area contributed by atoms with Gasteiger partial charge in [-0.25, -0.2) is 4.79 Å². The van der Waals surface area contributed by atoms with Crippen LogP contribution in [0.1, 0.15) is 66.4 Å². The van der Waals surface area contributed by atoms with E-state index in [0.717, 1.165) is 25.8 Å². The maximum atomic E-state index is 12.9. The molecule has 0 spiro atoms. The van der Waals surface area contributed by atoms with Gasteiger partial charge in [0, 0.05) is 31.7 Å². The van der Waals surface area contributed by atoms with Gasteiger partial charge in [-0.2, -0.15) is 0 Å². The van der Waals surface area contributed by atoms with Crippen LogP contribution in [-0.4, -0.2) is 50.7 Å². The summed E-state index contributed by atoms with van der Waals surface area (Å²) < 4.78 is 18.2. The van der Waals surface area contributed by atoms with Gasteiger partial charge in [0.15, 0.2) is 8.32 Å². The quantitative estimate of drug-likeness (QED) is 0.304. The molecule has 1 aromatic rings. The van der Waals surface area contributed by atoms with Crippen molar-refractivity contribution >= 4 is 14.4 Å². The lowest BCUT2D eigenvalue weighted by Crippen LogP contribution is -2.45. The Bertz CT molecular complexity index is 709. The molecule has 182 valence electrons. The van der Waals surface area contributed by atoms with E-state index >= 15 is 0 Å². The van der Waals surface area contributed by atoms with Gasteiger partial charge in [-0.15, -0.1) is 0 Å². The molecule has 0 aliphatic carbocycles. The van der Waals surface area contributed by atoms with E-state index < -0.39 is 13.9 Å². The molecule has 0 bridgehead atoms. The SMILES string of the molecule is CC(C)(C)OC(=O)N1CC[C@@H](CO[Si](C)(C)C(C)(C)C)[C@H]1CCCOCc1ccccc1. The van der Waals surface area contributed by atoms with Crippen molar-refractivity contribution in [1.29, 1.82) is 0 Å². The maximum Gasteiger partial charge on any atom is 0.410 e. The number of carbonyl (C=O) groups excluding carboxylic acids is 1. The van der Waals surface area contributed by atoms with Gasteiger partial charge in [0.1, 0.15) is 5.60 Å². The Morgan fingerprint density at radius 3 is 2.34 bits per heavy atom. The van der Waals surface area contributed by atoms with E-state index in [0.29, 0.717) is 25.7 Å². The van der Waals surface area contributed by atoms with E-state index in [1.165, 1.54) is 5.56 Å². The predicted molar refractivity (Wildman–Crippen MR) is 133 cm³/mol. The second-order valence-electron chi connectivity index (χ2n) is 11.5. The van der Waals surface area contributed by atoms with Gasteiger partial charge in [-0.05, 0) is 63.7 Å². The van der Waals surface area contributed by atoms with Crippen LogP contribution in [0.25, 0.3) is 0 Å². The van der Waals surface area contributed by atoms with Crippen LogP contribution in [0, 0.1) is 5.92 Å². The van der Waals surface area contributed by atoms with Gasteiger partial charge in [0.25, 0.3) is 0 Å². The molecule has 1 aliphatic heterocycles. The maximum absolute atomic E-state index is 12.9. The topological polar surface area (TPSA) is 48.0 Å². The standard InChI is InChI=1S/C26H45NO4Si/c1-25(2,3)31-24(28)27-17-16-22(20-30-32(7,8)26(4,5)6)23(27)15-12-18-29-19-21-13-10-9-11-14-21/h9-11,13-14,22-23H,12,15-20H2,1-8H3/t22-,23+/m0/s1. The molecule has 0 unspecified atom stereocenters. The van der Waals surface area contributed by atoms with Crippen molar-refractivity contribution in [2.75, 3.05) is 19.8 Å². The van der Waals surface area contributed by atoms with Crippen molar-refractivity contribution < 1.29 is 18.7 Å². The Balaban J connectivity index is 1.95. The number of nitrogens with zero attached hydrogens (tertiary/aromatic N) is 1. The Kier molecular flexibility index (Phi) is 9.38. The molecule has 1 aromatic carbocycles. The van der Waals surface area contributed by atoms with Gasteiger partial charge in [0.05, 0.1) is 6.61 Å². The zero-order valence-electron chi connectivity index (χ0n) is 21.6. The van der Waals surface area contributed by atoms with Gasteiger partial charge in [0.2, 0.25) is 0 Å². The summed E-state index contributed by atoms with van der Waals surface area (Å²) in [6.45, 7) is 19.9. The average Bonchev–Trinajstić information content (AvgIpc) is 3.08. The van der Waals surface area contributed by atoms with Crippen LogP contribution in [0.4, 0.5) is 4.79 Å². The monoisotopic (exact) mass is 463 g/mol. The van der Waals surface area contributed by atoms with Crippen molar-refractivity contribution in [2.24, 2.45) is 5.92 Å². The molecule has 6 heteroatoms. The number of hydrogen-bond donors (Lipinski definition) is 0. The number of likely N-dealkylation sites (tertiary alicyclic amines) is 1. The highest BCUT2D eigenvalue weighted by atomic mass is 28.4. The summed E-state index contributed by atoms with van der Waals surface area (Å²) in [6, 6.07) is 10.4. The van der Waals surface area contributed by atoms with Gasteiger partial charge in [-0.1, -0.05) is 51.1 Å². The van der Waals surface area contributed by atoms with E-state index in [1.54, 1.807) is 0 Å². The van der Waals surface area contributed by atoms with E-state index in [2.05, 4.69) is 46.0 Å². The molecule has 2 rings (SSSR count). The first-order valence-electron chi connectivity index (χ1n) is 12.1. The average molecular weight is 464 g/mol. The first-order chi connectivity index (χ1) is 14.8. The van der Waals surface area contributed by atoms with E-state index in [9.17, 15) is 4.79 Å². The molecule has 0 aromatic heterocycles. The molecule has 32 heavy (non-hydrogen) atoms. The highest BCUT2D eigenvalue weighted by molar-refractivity contribution is 6.74. The third-order valence-corrected chi connectivity index (χ3v) is 11.2. The van der Waals surface area contributed by atoms with Crippen molar-refractivity contribution in [3.8, 4) is 0 Å². The molecule has 2 atom stereocenters. The van der Waals surface area contributed by atoms with Crippen molar-refractivity contribution in [3.63, 3.8) is 0 Å². The Morgan fingerprint density at radius 2 is 1.75 bits per heavy atom. The van der Waals surface area contributed by atoms with Crippen LogP contribution in [0.3, 0.4) is 0 Å². The van der Waals surface area contributed by atoms with E-state index in [1.807, 2.05) is 43.9 Å². The fraction of sp³-hybridized carbons (Fsp3) is 0.731. The second-order valence-corrected chi connectivity index (χ2v) is 16.4. The van der Waals surface area contributed by atoms with Gasteiger partial charge >= 0.3 is 6.09 Å². The molecule has 1 saturated heterocycles. The molecule has 1 amide bonds. The van der Waals surface area contributed by atoms with Crippen LogP contribution in [0.5, 0.6) is 0 Å². The minimum atomic E-state index is -1.83. The summed E-state index contributed by atoms with van der Waals surface area (Å²) in [6.07, 6.45) is 2.57. The number of hydrogen-bond acceptors (Lipinski definition) is 4. The summed E-state index contributed by atoms with van der Waals surface area (Å²) >= 11 is 0. The zero-order valence-corrected chi connectivity index (χ0v) is 22.6. The molecular weight excluding hydrogens is 418 g/mol. The summed E-state index contributed by atoms with van der Waals surface area (Å²) in [5.74, 6) is 0.339. The molecule has 5 nitrogen and oxygen atoms in total. The van der Waals surface area contributed by atoms with Crippen LogP contribution in [-0.2, 0) is 20.5 Å². The number of benzene rings is 1. The van der Waals surface area contributed by atoms with Crippen LogP contribution in [0.15, 0.2) is 30.3 Å². The summed E-state index contributed by atoms with van der Waals surface area (Å²) in [7, 11) is -1.83. The molecular formula is C26H45NO4Si. The zero-order chi connectivity index (χ0) is 24.0. The lowest BCUT2D eigenvalue weighted by atomic mass is 9.97. The molecule has 1 aliphatic rings. The minimum absolute atomic E-state index is 0.134. The first-order valence-corrected chi connectivity index (χ1v) is 15.0. The fourth-order valence-corrected chi connectivity index (χ4v) is 4.81. The third kappa shape index (κ3) is 8.20. The van der Waals surface area contributed by atoms with Crippen LogP contribution < -0.4 is 0 Å². The highest BCUT2D eigenvalue weighted by Gasteiger charge is 2.42. The fourth-order valence-electron chi connectivity index (χ4n) is 3.74. The normalized spacial score (nSPS) is 19.9. The van der Waals surface area contributed by atoms with Crippen LogP contribution >= 0.6 is 0 Å². The highest BCUT2D eigenvalue weighted by Crippen LogP contribution is 2.38. The first kappa shape index (κ1) is 26.9. The van der Waals surface area contributed by atoms with E-state index in [4.69, 9.17) is 13.9 Å². The Hall–Kier alpha value is -1.37. The number of amides is 1. The lowest BCUT2D eigenvalue weighted by molar-refractivity contribution is 0.0173. The van der Waals surface area contributed by atoms with E-state index in [-0.39, 0.29) is 17.2 Å². The number of ether oxygens (including phenoxy) is 2. The van der Waals surface area contributed by atoms with Gasteiger partial charge < -0.3 is 18.8 Å². The Labute approximate surface area is 196 Å². The molecule has 0 saturated carbocycles. The smallest absolute Gasteiger partial charge is 0.410 e. The largest absolute Gasteiger partial charge is 0.444 e. The third-order valence-electron chi connectivity index (χ3n) is 6.68.